The maximum absolute atomic E-state index is 11.5. The largest absolute Gasteiger partial charge is 0.481 e. The predicted octanol–water partition coefficient (Wildman–Crippen LogP) is 1.23. The first kappa shape index (κ1) is 18.1. The van der Waals surface area contributed by atoms with Gasteiger partial charge in [0.15, 0.2) is 0 Å². The van der Waals surface area contributed by atoms with E-state index < -0.39 is 11.1 Å². The van der Waals surface area contributed by atoms with Crippen LogP contribution in [0.3, 0.4) is 0 Å². The number of carboxylic acid groups (broad SMARTS) is 1. The topological polar surface area (TPSA) is 119 Å². The van der Waals surface area contributed by atoms with Gasteiger partial charge in [-0.15, -0.1) is 10.1 Å². The number of nitrogens with zero attached hydrogens (tertiary/aromatic N) is 1. The lowest BCUT2D eigenvalue weighted by Gasteiger charge is -2.20. The molecule has 0 aromatic heterocycles. The lowest BCUT2D eigenvalue weighted by molar-refractivity contribution is -0.757. The fourth-order valence-electron chi connectivity index (χ4n) is 1.69. The van der Waals surface area contributed by atoms with Crippen LogP contribution in [0.4, 0.5) is 0 Å². The van der Waals surface area contributed by atoms with Gasteiger partial charge in [-0.2, -0.15) is 0 Å². The zero-order valence-corrected chi connectivity index (χ0v) is 11.8. The smallest absolute Gasteiger partial charge is 0.303 e. The second kappa shape index (κ2) is 9.99. The molecule has 0 aliphatic rings. The number of hydrogen-bond acceptors (Lipinski definition) is 5. The Morgan fingerprint density at radius 2 is 2.00 bits per heavy atom. The minimum atomic E-state index is -0.890. The van der Waals surface area contributed by atoms with Gasteiger partial charge in [0.05, 0.1) is 6.61 Å². The number of nitrogens with one attached hydrogen (secondary N) is 1. The Kier molecular flexibility index (Phi) is 9.06. The summed E-state index contributed by atoms with van der Waals surface area (Å²) in [7, 11) is 0. The molecule has 0 spiro atoms. The highest BCUT2D eigenvalue weighted by Crippen LogP contribution is 2.16. The van der Waals surface area contributed by atoms with E-state index in [1.165, 1.54) is 0 Å². The highest BCUT2D eigenvalue weighted by molar-refractivity contribution is 5.75. The number of carboxylic acids is 1. The van der Waals surface area contributed by atoms with Crippen LogP contribution in [0.2, 0.25) is 0 Å². The van der Waals surface area contributed by atoms with Crippen LogP contribution in [-0.2, 0) is 14.4 Å². The van der Waals surface area contributed by atoms with E-state index in [-0.39, 0.29) is 43.6 Å². The van der Waals surface area contributed by atoms with Gasteiger partial charge >= 0.3 is 5.97 Å². The van der Waals surface area contributed by atoms with Crippen LogP contribution in [0.25, 0.3) is 0 Å². The van der Waals surface area contributed by atoms with Crippen LogP contribution >= 0.6 is 0 Å². The molecule has 0 unspecified atom stereocenters. The third-order valence-electron chi connectivity index (χ3n) is 2.98. The Morgan fingerprint density at radius 1 is 1.35 bits per heavy atom. The predicted molar refractivity (Wildman–Crippen MR) is 70.4 cm³/mol. The van der Waals surface area contributed by atoms with E-state index in [1.54, 1.807) is 0 Å². The summed E-state index contributed by atoms with van der Waals surface area (Å²) < 4.78 is 0. The molecule has 2 N–H and O–H groups in total. The number of amides is 1. The standard InChI is InChI=1S/C12H22N2O6/c1-9(2)10(5-6-12(16)17)8-13-11(15)4-3-7-20-14(18)19/h9-10H,3-8H2,1-2H3,(H,13,15)(H,16,17)/t10-/m1/s1. The number of carbonyl (C=O) groups excluding carboxylic acids is 1. The molecule has 0 aliphatic heterocycles. The van der Waals surface area contributed by atoms with Crippen molar-refractivity contribution < 1.29 is 24.6 Å². The highest BCUT2D eigenvalue weighted by atomic mass is 16.9. The highest BCUT2D eigenvalue weighted by Gasteiger charge is 2.16. The molecule has 0 aromatic rings. The van der Waals surface area contributed by atoms with Crippen molar-refractivity contribution in [2.45, 2.75) is 39.5 Å². The van der Waals surface area contributed by atoms with Crippen molar-refractivity contribution in [3.05, 3.63) is 10.1 Å². The molecule has 1 amide bonds. The molecule has 0 heterocycles. The van der Waals surface area contributed by atoms with Gasteiger partial charge in [0, 0.05) is 19.4 Å². The average Bonchev–Trinajstić information content (AvgIpc) is 2.33. The molecule has 0 fully saturated rings. The summed E-state index contributed by atoms with van der Waals surface area (Å²) in [5.41, 5.74) is 0. The molecule has 0 aliphatic carbocycles. The molecule has 8 nitrogen and oxygen atoms in total. The third kappa shape index (κ3) is 10.1. The molecule has 116 valence electrons. The van der Waals surface area contributed by atoms with Crippen molar-refractivity contribution in [1.29, 1.82) is 0 Å². The Labute approximate surface area is 117 Å². The van der Waals surface area contributed by atoms with Gasteiger partial charge in [-0.3, -0.25) is 9.59 Å². The van der Waals surface area contributed by atoms with E-state index in [0.717, 1.165) is 0 Å². The lowest BCUT2D eigenvalue weighted by atomic mass is 9.91. The summed E-state index contributed by atoms with van der Waals surface area (Å²) in [6.45, 7) is 4.26. The maximum atomic E-state index is 11.5. The van der Waals surface area contributed by atoms with E-state index in [1.807, 2.05) is 13.8 Å². The van der Waals surface area contributed by atoms with E-state index in [4.69, 9.17) is 5.11 Å². The molecule has 0 saturated carbocycles. The van der Waals surface area contributed by atoms with Crippen LogP contribution in [0, 0.1) is 22.0 Å². The number of rotatable bonds is 11. The summed E-state index contributed by atoms with van der Waals surface area (Å²) in [5.74, 6) is -0.686. The van der Waals surface area contributed by atoms with Crippen LogP contribution in [0.5, 0.6) is 0 Å². The Balaban J connectivity index is 3.87. The minimum absolute atomic E-state index is 0.0788. The first-order chi connectivity index (χ1) is 9.32. The van der Waals surface area contributed by atoms with E-state index in [9.17, 15) is 19.7 Å². The van der Waals surface area contributed by atoms with Crippen molar-refractivity contribution in [2.24, 2.45) is 11.8 Å². The van der Waals surface area contributed by atoms with Gasteiger partial charge in [-0.25, -0.2) is 0 Å². The summed E-state index contributed by atoms with van der Waals surface area (Å²) in [4.78, 5) is 36.0. The first-order valence-corrected chi connectivity index (χ1v) is 6.58. The van der Waals surface area contributed by atoms with Gasteiger partial charge in [0.1, 0.15) is 0 Å². The van der Waals surface area contributed by atoms with Gasteiger partial charge in [0.2, 0.25) is 5.91 Å². The Hall–Kier alpha value is -1.86. The SMILES string of the molecule is CC(C)[C@H](CCC(=O)O)CNC(=O)CCCO[N+](=O)[O-]. The van der Waals surface area contributed by atoms with E-state index >= 15 is 0 Å². The second-order valence-corrected chi connectivity index (χ2v) is 4.90. The summed E-state index contributed by atoms with van der Waals surface area (Å²) in [5, 5.41) is 20.4. The van der Waals surface area contributed by atoms with E-state index in [0.29, 0.717) is 13.0 Å². The van der Waals surface area contributed by atoms with Gasteiger partial charge in [-0.1, -0.05) is 13.8 Å². The number of hydrogen-bond donors (Lipinski definition) is 2. The number of carbonyl (C=O) groups is 2. The molecule has 8 heteroatoms. The normalized spacial score (nSPS) is 11.9. The monoisotopic (exact) mass is 290 g/mol. The maximum Gasteiger partial charge on any atom is 0.303 e. The van der Waals surface area contributed by atoms with Crippen molar-refractivity contribution in [2.75, 3.05) is 13.2 Å². The zero-order chi connectivity index (χ0) is 15.5. The molecule has 0 rings (SSSR count). The molecule has 0 aromatic carbocycles. The van der Waals surface area contributed by atoms with Crippen molar-refractivity contribution in [3.63, 3.8) is 0 Å². The minimum Gasteiger partial charge on any atom is -0.481 e. The van der Waals surface area contributed by atoms with Crippen molar-refractivity contribution in [1.82, 2.24) is 5.32 Å². The van der Waals surface area contributed by atoms with Gasteiger partial charge < -0.3 is 15.3 Å². The molecule has 0 radical (unpaired) electrons. The molecular weight excluding hydrogens is 268 g/mol. The zero-order valence-electron chi connectivity index (χ0n) is 11.8. The van der Waals surface area contributed by atoms with Crippen LogP contribution < -0.4 is 5.32 Å². The van der Waals surface area contributed by atoms with E-state index in [2.05, 4.69) is 10.2 Å². The van der Waals surface area contributed by atoms with Crippen LogP contribution in [-0.4, -0.2) is 35.2 Å². The first-order valence-electron chi connectivity index (χ1n) is 6.58. The molecule has 20 heavy (non-hydrogen) atoms. The molecule has 1 atom stereocenters. The average molecular weight is 290 g/mol. The van der Waals surface area contributed by atoms with Crippen molar-refractivity contribution >= 4 is 11.9 Å². The van der Waals surface area contributed by atoms with Gasteiger partial charge in [0.25, 0.3) is 5.09 Å². The summed E-state index contributed by atoms with van der Waals surface area (Å²) in [6.07, 6.45) is 1.01. The summed E-state index contributed by atoms with van der Waals surface area (Å²) in [6, 6.07) is 0. The quantitative estimate of drug-likeness (QED) is 0.335. The number of aliphatic carboxylic acids is 1. The van der Waals surface area contributed by atoms with Gasteiger partial charge in [-0.05, 0) is 24.7 Å². The second-order valence-electron chi connectivity index (χ2n) is 4.90. The fraction of sp³-hybridized carbons (Fsp3) is 0.833. The molecule has 0 bridgehead atoms. The molecule has 0 saturated heterocycles. The van der Waals surface area contributed by atoms with Crippen LogP contribution in [0.1, 0.15) is 39.5 Å². The fourth-order valence-corrected chi connectivity index (χ4v) is 1.69. The van der Waals surface area contributed by atoms with Crippen LogP contribution in [0.15, 0.2) is 0 Å². The molecular formula is C12H22N2O6. The summed E-state index contributed by atoms with van der Waals surface area (Å²) >= 11 is 0. The van der Waals surface area contributed by atoms with Crippen molar-refractivity contribution in [3.8, 4) is 0 Å². The Bertz CT molecular complexity index is 332. The Morgan fingerprint density at radius 3 is 2.50 bits per heavy atom. The lowest BCUT2D eigenvalue weighted by Crippen LogP contribution is -2.31. The third-order valence-corrected chi connectivity index (χ3v) is 2.98.